The number of ether oxygens (including phenoxy) is 3. The second-order valence-electron chi connectivity index (χ2n) is 7.30. The smallest absolute Gasteiger partial charge is 0.334 e. The Kier molecular flexibility index (Phi) is 5.20. The van der Waals surface area contributed by atoms with Crippen molar-refractivity contribution in [3.8, 4) is 0 Å². The van der Waals surface area contributed by atoms with Crippen LogP contribution in [0.15, 0.2) is 37.0 Å². The van der Waals surface area contributed by atoms with Gasteiger partial charge in [0.15, 0.2) is 0 Å². The van der Waals surface area contributed by atoms with Gasteiger partial charge in [-0.3, -0.25) is 4.79 Å². The predicted octanol–water partition coefficient (Wildman–Crippen LogP) is 0.433. The van der Waals surface area contributed by atoms with E-state index in [1.165, 1.54) is 6.08 Å². The molecule has 0 amide bonds. The van der Waals surface area contributed by atoms with Crippen molar-refractivity contribution in [2.24, 2.45) is 17.3 Å². The van der Waals surface area contributed by atoms with Gasteiger partial charge in [-0.15, -0.1) is 6.58 Å². The monoisotopic (exact) mass is 392 g/mol. The van der Waals surface area contributed by atoms with Gasteiger partial charge in [0, 0.05) is 17.1 Å². The summed E-state index contributed by atoms with van der Waals surface area (Å²) in [7, 11) is 0. The number of carbonyl (C=O) groups excluding carboxylic acids is 3. The maximum atomic E-state index is 12.4. The molecular formula is C20H24O8. The first-order valence-corrected chi connectivity index (χ1v) is 9.16. The number of carbonyl (C=O) groups is 3. The van der Waals surface area contributed by atoms with Gasteiger partial charge < -0.3 is 24.4 Å². The molecule has 7 atom stereocenters. The minimum Gasteiger partial charge on any atom is -0.459 e. The first kappa shape index (κ1) is 20.3. The van der Waals surface area contributed by atoms with E-state index in [4.69, 9.17) is 19.3 Å². The van der Waals surface area contributed by atoms with Crippen molar-refractivity contribution in [2.75, 3.05) is 6.61 Å². The van der Waals surface area contributed by atoms with Gasteiger partial charge in [0.1, 0.15) is 24.4 Å². The molecule has 7 unspecified atom stereocenters. The van der Waals surface area contributed by atoms with Crippen LogP contribution in [0.5, 0.6) is 0 Å². The average molecular weight is 392 g/mol. The lowest BCUT2D eigenvalue weighted by Crippen LogP contribution is -2.68. The zero-order valence-electron chi connectivity index (χ0n) is 15.6. The summed E-state index contributed by atoms with van der Waals surface area (Å²) in [4.78, 5) is 36.7. The van der Waals surface area contributed by atoms with E-state index in [0.717, 1.165) is 0 Å². The minimum atomic E-state index is -1.36. The molecule has 152 valence electrons. The van der Waals surface area contributed by atoms with Gasteiger partial charge in [0.2, 0.25) is 0 Å². The molecule has 8 heteroatoms. The van der Waals surface area contributed by atoms with Crippen LogP contribution in [0.2, 0.25) is 0 Å². The number of aliphatic hydroxyl groups excluding tert-OH is 2. The Balaban J connectivity index is 2.15. The first-order valence-electron chi connectivity index (χ1n) is 9.16. The molecule has 1 saturated carbocycles. The van der Waals surface area contributed by atoms with Crippen LogP contribution in [0.1, 0.15) is 19.8 Å². The van der Waals surface area contributed by atoms with Gasteiger partial charge in [0.05, 0.1) is 24.4 Å². The molecule has 2 N–H and O–H groups in total. The number of fused-ring (bicyclic) bond motifs is 3. The SMILES string of the molecule is C=CC12C(CC)OC(=O)C(=C)C1C1OC(=O)C(=C)C1C(OC(=O)CCO)C2O. The fourth-order valence-corrected chi connectivity index (χ4v) is 4.80. The van der Waals surface area contributed by atoms with Crippen LogP contribution >= 0.6 is 0 Å². The number of hydrogen-bond donors (Lipinski definition) is 2. The molecule has 2 aliphatic heterocycles. The molecule has 0 bridgehead atoms. The van der Waals surface area contributed by atoms with Crippen molar-refractivity contribution in [3.63, 3.8) is 0 Å². The fraction of sp³-hybridized carbons (Fsp3) is 0.550. The summed E-state index contributed by atoms with van der Waals surface area (Å²) in [6.45, 7) is 12.7. The second kappa shape index (κ2) is 7.18. The highest BCUT2D eigenvalue weighted by molar-refractivity contribution is 5.93. The summed E-state index contributed by atoms with van der Waals surface area (Å²) in [6.07, 6.45) is -2.70. The van der Waals surface area contributed by atoms with E-state index in [9.17, 15) is 19.5 Å². The fourth-order valence-electron chi connectivity index (χ4n) is 4.80. The molecule has 0 radical (unpaired) electrons. The highest BCUT2D eigenvalue weighted by atomic mass is 16.6. The number of esters is 3. The van der Waals surface area contributed by atoms with Crippen molar-refractivity contribution in [3.05, 3.63) is 37.0 Å². The van der Waals surface area contributed by atoms with E-state index in [-0.39, 0.29) is 17.6 Å². The molecule has 2 saturated heterocycles. The number of cyclic esters (lactones) is 1. The van der Waals surface area contributed by atoms with Crippen molar-refractivity contribution >= 4 is 17.9 Å². The highest BCUT2D eigenvalue weighted by Crippen LogP contribution is 2.58. The molecule has 8 nitrogen and oxygen atoms in total. The normalized spacial score (nSPS) is 39.5. The Morgan fingerprint density at radius 2 is 1.89 bits per heavy atom. The molecule has 3 rings (SSSR count). The lowest BCUT2D eigenvalue weighted by Gasteiger charge is -2.57. The van der Waals surface area contributed by atoms with Crippen LogP contribution in [0, 0.1) is 17.3 Å². The molecule has 0 aromatic heterocycles. The van der Waals surface area contributed by atoms with Crippen LogP contribution in [0.4, 0.5) is 0 Å². The largest absolute Gasteiger partial charge is 0.459 e. The molecule has 2 heterocycles. The first-order chi connectivity index (χ1) is 13.2. The van der Waals surface area contributed by atoms with Crippen LogP contribution in [0.3, 0.4) is 0 Å². The summed E-state index contributed by atoms with van der Waals surface area (Å²) in [5.41, 5.74) is -1.17. The summed E-state index contributed by atoms with van der Waals surface area (Å²) < 4.78 is 16.4. The third-order valence-corrected chi connectivity index (χ3v) is 6.06. The zero-order chi connectivity index (χ0) is 20.8. The third-order valence-electron chi connectivity index (χ3n) is 6.06. The van der Waals surface area contributed by atoms with E-state index < -0.39 is 66.2 Å². The van der Waals surface area contributed by atoms with Crippen molar-refractivity contribution in [1.29, 1.82) is 0 Å². The van der Waals surface area contributed by atoms with E-state index in [1.807, 2.05) is 0 Å². The highest BCUT2D eigenvalue weighted by Gasteiger charge is 2.69. The molecule has 0 spiro atoms. The van der Waals surface area contributed by atoms with Crippen molar-refractivity contribution in [2.45, 2.75) is 44.2 Å². The Labute approximate surface area is 162 Å². The quantitative estimate of drug-likeness (QED) is 0.299. The summed E-state index contributed by atoms with van der Waals surface area (Å²) in [6, 6.07) is 0. The molecule has 0 aromatic rings. The predicted molar refractivity (Wildman–Crippen MR) is 95.5 cm³/mol. The second-order valence-corrected chi connectivity index (χ2v) is 7.30. The Hall–Kier alpha value is -2.45. The minimum absolute atomic E-state index is 0.0447. The van der Waals surface area contributed by atoms with Gasteiger partial charge in [-0.05, 0) is 6.42 Å². The zero-order valence-corrected chi connectivity index (χ0v) is 15.6. The lowest BCUT2D eigenvalue weighted by atomic mass is 9.53. The summed E-state index contributed by atoms with van der Waals surface area (Å²) >= 11 is 0. The van der Waals surface area contributed by atoms with Crippen LogP contribution < -0.4 is 0 Å². The van der Waals surface area contributed by atoms with E-state index in [2.05, 4.69) is 19.7 Å². The molecule has 3 fully saturated rings. The number of aliphatic hydroxyl groups is 2. The van der Waals surface area contributed by atoms with Crippen LogP contribution in [-0.2, 0) is 28.6 Å². The third kappa shape index (κ3) is 2.62. The van der Waals surface area contributed by atoms with Gasteiger partial charge in [-0.25, -0.2) is 9.59 Å². The van der Waals surface area contributed by atoms with E-state index in [0.29, 0.717) is 6.42 Å². The molecule has 28 heavy (non-hydrogen) atoms. The summed E-state index contributed by atoms with van der Waals surface area (Å²) in [5, 5.41) is 20.3. The maximum Gasteiger partial charge on any atom is 0.334 e. The Bertz CT molecular complexity index is 755. The average Bonchev–Trinajstić information content (AvgIpc) is 2.95. The number of rotatable bonds is 5. The molecule has 0 aromatic carbocycles. The lowest BCUT2D eigenvalue weighted by molar-refractivity contribution is -0.225. The standard InChI is InChI=1S/C20H24O8/c1-5-11-20(6-2)14(10(4)19(25)26-11)15-13(9(3)18(24)28-15)16(17(20)23)27-12(22)7-8-21/h6,11,13-17,21,23H,2-5,7-8H2,1H3. The van der Waals surface area contributed by atoms with Crippen LogP contribution in [-0.4, -0.2) is 59.1 Å². The molecule has 3 aliphatic rings. The van der Waals surface area contributed by atoms with Gasteiger partial charge >= 0.3 is 17.9 Å². The van der Waals surface area contributed by atoms with Crippen molar-refractivity contribution < 1.29 is 38.8 Å². The summed E-state index contributed by atoms with van der Waals surface area (Å²) in [5.74, 6) is -3.72. The van der Waals surface area contributed by atoms with Crippen LogP contribution in [0.25, 0.3) is 0 Å². The topological polar surface area (TPSA) is 119 Å². The molecular weight excluding hydrogens is 368 g/mol. The maximum absolute atomic E-state index is 12.4. The van der Waals surface area contributed by atoms with Gasteiger partial charge in [-0.2, -0.15) is 0 Å². The van der Waals surface area contributed by atoms with E-state index in [1.54, 1.807) is 6.92 Å². The molecule has 1 aliphatic carbocycles. The number of hydrogen-bond acceptors (Lipinski definition) is 8. The van der Waals surface area contributed by atoms with Gasteiger partial charge in [-0.1, -0.05) is 26.2 Å². The Morgan fingerprint density at radius 1 is 1.25 bits per heavy atom. The van der Waals surface area contributed by atoms with E-state index >= 15 is 0 Å². The van der Waals surface area contributed by atoms with Gasteiger partial charge in [0.25, 0.3) is 0 Å². The van der Waals surface area contributed by atoms with Crippen molar-refractivity contribution in [1.82, 2.24) is 0 Å². The Morgan fingerprint density at radius 3 is 2.46 bits per heavy atom.